The number of hydrogen-bond acceptors (Lipinski definition) is 6. The van der Waals surface area contributed by atoms with Crippen molar-refractivity contribution in [2.45, 2.75) is 57.5 Å². The number of likely N-dealkylation sites (tertiary alicyclic amines) is 1. The Labute approximate surface area is 287 Å². The molecule has 5 rings (SSSR count). The van der Waals surface area contributed by atoms with Gasteiger partial charge in [0.2, 0.25) is 0 Å². The van der Waals surface area contributed by atoms with E-state index in [0.29, 0.717) is 6.42 Å². The van der Waals surface area contributed by atoms with Crippen LogP contribution in [0.2, 0.25) is 0 Å². The summed E-state index contributed by atoms with van der Waals surface area (Å²) < 4.78 is 55.1. The number of halogens is 3. The molecule has 3 aromatic carbocycles. The van der Waals surface area contributed by atoms with E-state index in [1.807, 2.05) is 36.4 Å². The smallest absolute Gasteiger partial charge is 0.417 e. The molecular formula is C36H39F3N4O7. The number of hydrogen-bond donors (Lipinski definition) is 2. The van der Waals surface area contributed by atoms with Crippen molar-refractivity contribution in [3.63, 3.8) is 0 Å². The van der Waals surface area contributed by atoms with Crippen molar-refractivity contribution in [2.75, 3.05) is 37.6 Å². The van der Waals surface area contributed by atoms with E-state index >= 15 is 0 Å². The third-order valence-corrected chi connectivity index (χ3v) is 8.95. The van der Waals surface area contributed by atoms with Crippen LogP contribution in [0.5, 0.6) is 5.75 Å². The van der Waals surface area contributed by atoms with Crippen molar-refractivity contribution in [2.24, 2.45) is 0 Å². The number of ether oxygens (including phenoxy) is 2. The molecule has 11 nitrogen and oxygen atoms in total. The summed E-state index contributed by atoms with van der Waals surface area (Å²) in [6, 6.07) is 19.0. The predicted molar refractivity (Wildman–Crippen MR) is 177 cm³/mol. The predicted octanol–water partition coefficient (Wildman–Crippen LogP) is 6.13. The third kappa shape index (κ3) is 7.79. The highest BCUT2D eigenvalue weighted by Gasteiger charge is 2.46. The Balaban J connectivity index is 1.47. The topological polar surface area (TPSA) is 129 Å². The second-order valence-corrected chi connectivity index (χ2v) is 12.6. The Morgan fingerprint density at radius 3 is 2.34 bits per heavy atom. The quantitative estimate of drug-likeness (QED) is 0.275. The third-order valence-electron chi connectivity index (χ3n) is 8.95. The molecule has 1 fully saturated rings. The number of alkyl halides is 3. The second-order valence-electron chi connectivity index (χ2n) is 12.6. The lowest BCUT2D eigenvalue weighted by molar-refractivity contribution is -0.138. The minimum Gasteiger partial charge on any atom is -0.476 e. The van der Waals surface area contributed by atoms with Gasteiger partial charge in [-0.1, -0.05) is 60.7 Å². The van der Waals surface area contributed by atoms with Gasteiger partial charge in [0.1, 0.15) is 12.4 Å². The van der Waals surface area contributed by atoms with Gasteiger partial charge in [0.05, 0.1) is 22.9 Å². The molecule has 1 saturated heterocycles. The molecule has 2 aliphatic rings. The van der Waals surface area contributed by atoms with E-state index in [1.54, 1.807) is 31.2 Å². The van der Waals surface area contributed by atoms with Gasteiger partial charge in [0, 0.05) is 38.6 Å². The minimum absolute atomic E-state index is 0.00892. The van der Waals surface area contributed by atoms with Gasteiger partial charge in [0.15, 0.2) is 5.60 Å². The number of nitrogens with zero attached hydrogens (tertiary/aromatic N) is 3. The molecule has 2 atom stereocenters. The Morgan fingerprint density at radius 1 is 1.06 bits per heavy atom. The standard InChI is InChI=1S/C36H39F3N4O7/c1-4-42(29-21-41(34(47)48)17-15-25(29)24-13-9-6-10-14-24)31(44)26-19-28-30(20-27(26)36(37,38)39)50-35(2,3)32(45)43(28)18-16-40-33(46)49-22-23-11-7-5-8-12-23/h5-14,19-20,25,29H,4,15-18,21-22H2,1-3H3,(H,40,46)(H,47,48)/t25-,29+/m1/s1. The summed E-state index contributed by atoms with van der Waals surface area (Å²) in [5.74, 6) is -2.17. The zero-order valence-corrected chi connectivity index (χ0v) is 27.9. The fraction of sp³-hybridized carbons (Fsp3) is 0.389. The lowest BCUT2D eigenvalue weighted by atomic mass is 9.84. The van der Waals surface area contributed by atoms with Crippen LogP contribution in [0, 0.1) is 0 Å². The lowest BCUT2D eigenvalue weighted by Gasteiger charge is -2.44. The van der Waals surface area contributed by atoms with Gasteiger partial charge in [-0.3, -0.25) is 9.59 Å². The molecule has 0 aliphatic carbocycles. The summed E-state index contributed by atoms with van der Waals surface area (Å²) in [5.41, 5.74) is -2.01. The molecule has 3 aromatic rings. The summed E-state index contributed by atoms with van der Waals surface area (Å²) in [6.07, 6.45) is -6.58. The Hall–Kier alpha value is -5.27. The average molecular weight is 697 g/mol. The molecule has 0 aromatic heterocycles. The molecule has 14 heteroatoms. The maximum Gasteiger partial charge on any atom is 0.417 e. The molecule has 0 bridgehead atoms. The van der Waals surface area contributed by atoms with Gasteiger partial charge in [-0.2, -0.15) is 13.2 Å². The van der Waals surface area contributed by atoms with Crippen LogP contribution in [0.25, 0.3) is 0 Å². The summed E-state index contributed by atoms with van der Waals surface area (Å²) in [4.78, 5) is 55.9. The molecule has 2 N–H and O–H groups in total. The molecule has 0 spiro atoms. The number of carboxylic acid groups (broad SMARTS) is 1. The summed E-state index contributed by atoms with van der Waals surface area (Å²) in [6.45, 7) is 4.25. The van der Waals surface area contributed by atoms with Gasteiger partial charge in [-0.15, -0.1) is 0 Å². The zero-order valence-electron chi connectivity index (χ0n) is 27.9. The number of benzene rings is 3. The van der Waals surface area contributed by atoms with Crippen LogP contribution in [-0.2, 0) is 22.3 Å². The van der Waals surface area contributed by atoms with Gasteiger partial charge in [-0.05, 0) is 50.5 Å². The first-order chi connectivity index (χ1) is 23.7. The number of carbonyl (C=O) groups is 4. The van der Waals surface area contributed by atoms with Crippen molar-refractivity contribution in [3.8, 4) is 5.75 Å². The maximum atomic E-state index is 14.7. The van der Waals surface area contributed by atoms with Crippen LogP contribution < -0.4 is 15.0 Å². The largest absolute Gasteiger partial charge is 0.476 e. The van der Waals surface area contributed by atoms with Crippen LogP contribution in [-0.4, -0.2) is 83.3 Å². The van der Waals surface area contributed by atoms with Gasteiger partial charge in [0.25, 0.3) is 11.8 Å². The highest BCUT2D eigenvalue weighted by Crippen LogP contribution is 2.45. The molecule has 0 saturated carbocycles. The number of rotatable bonds is 9. The van der Waals surface area contributed by atoms with E-state index in [1.165, 1.54) is 23.6 Å². The average Bonchev–Trinajstić information content (AvgIpc) is 3.09. The minimum atomic E-state index is -4.98. The summed E-state index contributed by atoms with van der Waals surface area (Å²) >= 11 is 0. The molecule has 0 radical (unpaired) electrons. The number of alkyl carbamates (subject to hydrolysis) is 1. The number of amides is 4. The van der Waals surface area contributed by atoms with Crippen molar-refractivity contribution in [1.82, 2.24) is 15.1 Å². The highest BCUT2D eigenvalue weighted by molar-refractivity contribution is 6.05. The number of piperidine rings is 1. The molecule has 0 unspecified atom stereocenters. The maximum absolute atomic E-state index is 14.7. The van der Waals surface area contributed by atoms with Gasteiger partial charge >= 0.3 is 18.4 Å². The fourth-order valence-corrected chi connectivity index (χ4v) is 6.49. The molecule has 2 aliphatic heterocycles. The lowest BCUT2D eigenvalue weighted by Crippen LogP contribution is -2.55. The number of nitrogens with one attached hydrogen (secondary N) is 1. The van der Waals surface area contributed by atoms with Crippen LogP contribution in [0.4, 0.5) is 28.4 Å². The molecule has 2 heterocycles. The first-order valence-electron chi connectivity index (χ1n) is 16.3. The van der Waals surface area contributed by atoms with E-state index in [9.17, 15) is 37.5 Å². The van der Waals surface area contributed by atoms with Crippen molar-refractivity contribution < 1.29 is 46.9 Å². The van der Waals surface area contributed by atoms with Gasteiger partial charge in [-0.25, -0.2) is 9.59 Å². The molecule has 266 valence electrons. The number of anilines is 1. The Morgan fingerprint density at radius 2 is 1.72 bits per heavy atom. The molecule has 50 heavy (non-hydrogen) atoms. The number of carbonyl (C=O) groups excluding carboxylic acids is 3. The monoisotopic (exact) mass is 696 g/mol. The van der Waals surface area contributed by atoms with Crippen LogP contribution in [0.1, 0.15) is 60.2 Å². The van der Waals surface area contributed by atoms with E-state index < -0.39 is 52.9 Å². The highest BCUT2D eigenvalue weighted by atomic mass is 19.4. The van der Waals surface area contributed by atoms with E-state index in [-0.39, 0.29) is 56.7 Å². The summed E-state index contributed by atoms with van der Waals surface area (Å²) in [7, 11) is 0. The first-order valence-corrected chi connectivity index (χ1v) is 16.3. The van der Waals surface area contributed by atoms with Crippen molar-refractivity contribution in [1.29, 1.82) is 0 Å². The second kappa shape index (κ2) is 14.7. The van der Waals surface area contributed by atoms with Gasteiger partial charge < -0.3 is 34.6 Å². The normalized spacial score (nSPS) is 18.5. The van der Waals surface area contributed by atoms with Crippen molar-refractivity contribution in [3.05, 3.63) is 95.1 Å². The molecular weight excluding hydrogens is 657 g/mol. The van der Waals surface area contributed by atoms with Crippen molar-refractivity contribution >= 4 is 29.7 Å². The van der Waals surface area contributed by atoms with Crippen LogP contribution >= 0.6 is 0 Å². The van der Waals surface area contributed by atoms with E-state index in [4.69, 9.17) is 9.47 Å². The first kappa shape index (κ1) is 36.0. The zero-order chi connectivity index (χ0) is 36.2. The van der Waals surface area contributed by atoms with E-state index in [0.717, 1.165) is 28.2 Å². The SMILES string of the molecule is CCN(C(=O)c1cc2c(cc1C(F)(F)F)OC(C)(C)C(=O)N2CCNC(=O)OCc1ccccc1)[C@H]1CN(C(=O)O)CC[C@@H]1c1ccccc1. The Bertz CT molecular complexity index is 1720. The van der Waals surface area contributed by atoms with E-state index in [2.05, 4.69) is 5.32 Å². The molecule has 4 amide bonds. The fourth-order valence-electron chi connectivity index (χ4n) is 6.49. The number of likely N-dealkylation sites (N-methyl/N-ethyl adjacent to an activating group) is 1. The summed E-state index contributed by atoms with van der Waals surface area (Å²) in [5, 5.41) is 12.3. The number of fused-ring (bicyclic) bond motifs is 1. The Kier molecular flexibility index (Phi) is 10.6. The van der Waals surface area contributed by atoms with Crippen LogP contribution in [0.15, 0.2) is 72.8 Å². The van der Waals surface area contributed by atoms with Crippen LogP contribution in [0.3, 0.4) is 0 Å².